The monoisotopic (exact) mass is 578 g/mol. The molecule has 3 aromatic rings. The molecule has 2 aliphatic heterocycles. The minimum atomic E-state index is -4.34. The summed E-state index contributed by atoms with van der Waals surface area (Å²) in [6, 6.07) is 8.75. The summed E-state index contributed by atoms with van der Waals surface area (Å²) in [5.41, 5.74) is 1.16. The molecule has 2 aliphatic rings. The van der Waals surface area contributed by atoms with Gasteiger partial charge in [-0.05, 0) is 42.7 Å². The first-order valence-electron chi connectivity index (χ1n) is 12.9. The van der Waals surface area contributed by atoms with Gasteiger partial charge in [0.05, 0.1) is 12.7 Å². The maximum Gasteiger partial charge on any atom is 0.345 e. The van der Waals surface area contributed by atoms with E-state index in [0.29, 0.717) is 30.5 Å². The number of piperidine rings is 1. The van der Waals surface area contributed by atoms with Crippen LogP contribution in [-0.2, 0) is 14.8 Å². The first kappa shape index (κ1) is 28.3. The van der Waals surface area contributed by atoms with Crippen molar-refractivity contribution in [3.05, 3.63) is 77.8 Å². The zero-order chi connectivity index (χ0) is 28.4. The van der Waals surface area contributed by atoms with E-state index in [-0.39, 0.29) is 32.0 Å². The van der Waals surface area contributed by atoms with Gasteiger partial charge in [-0.15, -0.1) is 0 Å². The smallest absolute Gasteiger partial charge is 0.345 e. The number of ether oxygens (including phenoxy) is 2. The van der Waals surface area contributed by atoms with Crippen LogP contribution in [0.1, 0.15) is 42.5 Å². The fourth-order valence-corrected chi connectivity index (χ4v) is 7.02. The van der Waals surface area contributed by atoms with E-state index >= 15 is 4.39 Å². The van der Waals surface area contributed by atoms with Crippen molar-refractivity contribution in [2.24, 2.45) is 0 Å². The molecule has 5 rings (SSSR count). The largest absolute Gasteiger partial charge is 0.493 e. The number of rotatable bonds is 8. The van der Waals surface area contributed by atoms with Crippen molar-refractivity contribution in [3.8, 4) is 5.75 Å². The van der Waals surface area contributed by atoms with Crippen LogP contribution in [0.3, 0.4) is 0 Å². The second-order valence-corrected chi connectivity index (χ2v) is 11.4. The van der Waals surface area contributed by atoms with Gasteiger partial charge in [-0.2, -0.15) is 8.78 Å². The topological polar surface area (TPSA) is 84.9 Å². The van der Waals surface area contributed by atoms with Crippen molar-refractivity contribution in [1.29, 1.82) is 0 Å². The van der Waals surface area contributed by atoms with E-state index in [1.54, 1.807) is 19.0 Å². The molecule has 0 N–H and O–H groups in total. The molecule has 0 spiro atoms. The van der Waals surface area contributed by atoms with E-state index in [1.807, 2.05) is 4.90 Å². The number of hydrogen-bond acceptors (Lipinski definition) is 7. The van der Waals surface area contributed by atoms with Gasteiger partial charge in [0, 0.05) is 42.9 Å². The van der Waals surface area contributed by atoms with E-state index in [4.69, 9.17) is 9.47 Å². The number of aromatic nitrogens is 2. The number of sulfonamides is 1. The SMILES string of the molecule is CBN(c1ccncn1)S(=O)(=O)c1cc2c(cc1F)[C@@H](N1CC[C@@H](OC(F)F)C[C@H]1c1ccc(F)cc1)CCO2. The average Bonchev–Trinajstić information content (AvgIpc) is 2.93. The first-order chi connectivity index (χ1) is 19.2. The number of hydrogen-bond donors (Lipinski definition) is 0. The standard InChI is InChI=1S/C26H27BF4N4O4S/c1-27-35(25-6-9-32-15-33-25)40(36,37)24-14-23-19(13-20(24)29)21(8-11-38-23)34-10-7-18(39-26(30)31)12-22(34)16-2-4-17(28)5-3-16/h2-6,9,13-15,18,21-22,26-27H,7-8,10-12H2,1H3/t18-,21+,22+/m1/s1. The highest BCUT2D eigenvalue weighted by molar-refractivity contribution is 7.94. The maximum absolute atomic E-state index is 15.6. The van der Waals surface area contributed by atoms with Gasteiger partial charge in [0.25, 0.3) is 17.4 Å². The zero-order valence-electron chi connectivity index (χ0n) is 21.6. The third-order valence-electron chi connectivity index (χ3n) is 7.30. The Morgan fingerprint density at radius 1 is 1.12 bits per heavy atom. The van der Waals surface area contributed by atoms with Crippen LogP contribution < -0.4 is 8.95 Å². The molecule has 0 saturated carbocycles. The Morgan fingerprint density at radius 3 is 2.58 bits per heavy atom. The van der Waals surface area contributed by atoms with E-state index in [9.17, 15) is 21.6 Å². The molecule has 1 fully saturated rings. The van der Waals surface area contributed by atoms with Crippen molar-refractivity contribution in [2.75, 3.05) is 17.4 Å². The predicted octanol–water partition coefficient (Wildman–Crippen LogP) is 4.62. The van der Waals surface area contributed by atoms with E-state index in [1.165, 1.54) is 42.9 Å². The number of benzene rings is 2. The molecule has 3 atom stereocenters. The van der Waals surface area contributed by atoms with Gasteiger partial charge in [-0.1, -0.05) is 19.0 Å². The lowest BCUT2D eigenvalue weighted by Gasteiger charge is -2.45. The van der Waals surface area contributed by atoms with Gasteiger partial charge in [0.2, 0.25) is 0 Å². The van der Waals surface area contributed by atoms with E-state index < -0.39 is 51.4 Å². The minimum absolute atomic E-state index is 0.00827. The third-order valence-corrected chi connectivity index (χ3v) is 9.19. The highest BCUT2D eigenvalue weighted by Gasteiger charge is 2.39. The Bertz CT molecular complexity index is 1440. The number of anilines is 1. The van der Waals surface area contributed by atoms with E-state index in [2.05, 4.69) is 9.97 Å². The van der Waals surface area contributed by atoms with Crippen molar-refractivity contribution in [2.45, 2.75) is 55.8 Å². The first-order valence-corrected chi connectivity index (χ1v) is 14.3. The van der Waals surface area contributed by atoms with Crippen molar-refractivity contribution < 1.29 is 35.5 Å². The van der Waals surface area contributed by atoms with Crippen molar-refractivity contribution in [1.82, 2.24) is 14.9 Å². The molecule has 0 amide bonds. The molecular formula is C26H27BF4N4O4S. The van der Waals surface area contributed by atoms with Gasteiger partial charge in [-0.3, -0.25) is 4.90 Å². The lowest BCUT2D eigenvalue weighted by atomic mass is 9.88. The summed E-state index contributed by atoms with van der Waals surface area (Å²) in [5, 5.41) is 0. The molecule has 1 saturated heterocycles. The number of fused-ring (bicyclic) bond motifs is 1. The Hall–Kier alpha value is -3.23. The number of likely N-dealkylation sites (tertiary alicyclic amines) is 1. The average molecular weight is 578 g/mol. The quantitative estimate of drug-likeness (QED) is 0.285. The molecule has 0 bridgehead atoms. The summed E-state index contributed by atoms with van der Waals surface area (Å²) >= 11 is 0. The van der Waals surface area contributed by atoms with E-state index in [0.717, 1.165) is 4.22 Å². The van der Waals surface area contributed by atoms with Gasteiger partial charge >= 0.3 is 6.61 Å². The molecular weight excluding hydrogens is 551 g/mol. The van der Waals surface area contributed by atoms with Gasteiger partial charge < -0.3 is 13.7 Å². The summed E-state index contributed by atoms with van der Waals surface area (Å²) < 4.78 is 93.9. The Balaban J connectivity index is 1.50. The van der Waals surface area contributed by atoms with Crippen LogP contribution >= 0.6 is 0 Å². The summed E-state index contributed by atoms with van der Waals surface area (Å²) in [6.45, 7) is -0.730. The number of halogens is 4. The molecule has 8 nitrogen and oxygen atoms in total. The number of nitrogens with zero attached hydrogens (tertiary/aromatic N) is 4. The third kappa shape index (κ3) is 5.65. The fourth-order valence-electron chi connectivity index (χ4n) is 5.52. The minimum Gasteiger partial charge on any atom is -0.493 e. The highest BCUT2D eigenvalue weighted by Crippen LogP contribution is 2.45. The van der Waals surface area contributed by atoms with Crippen LogP contribution in [0.2, 0.25) is 6.82 Å². The molecule has 1 aromatic heterocycles. The summed E-state index contributed by atoms with van der Waals surface area (Å²) in [7, 11) is -4.33. The zero-order valence-corrected chi connectivity index (χ0v) is 22.4. The van der Waals surface area contributed by atoms with Crippen LogP contribution in [0, 0.1) is 11.6 Å². The van der Waals surface area contributed by atoms with Crippen LogP contribution in [-0.4, -0.2) is 56.6 Å². The summed E-state index contributed by atoms with van der Waals surface area (Å²) in [4.78, 5) is 9.29. The predicted molar refractivity (Wildman–Crippen MR) is 140 cm³/mol. The number of alkyl halides is 2. The molecule has 0 unspecified atom stereocenters. The van der Waals surface area contributed by atoms with Crippen molar-refractivity contribution >= 4 is 23.3 Å². The molecule has 0 aliphatic carbocycles. The lowest BCUT2D eigenvalue weighted by Crippen LogP contribution is -2.43. The van der Waals surface area contributed by atoms with Crippen LogP contribution in [0.15, 0.2) is 59.9 Å². The maximum atomic E-state index is 15.6. The second-order valence-electron chi connectivity index (χ2n) is 9.56. The summed E-state index contributed by atoms with van der Waals surface area (Å²) in [5.74, 6) is -1.05. The molecule has 0 radical (unpaired) electrons. The lowest BCUT2D eigenvalue weighted by molar-refractivity contribution is -0.180. The van der Waals surface area contributed by atoms with Gasteiger partial charge in [0.15, 0.2) is 0 Å². The second kappa shape index (κ2) is 11.7. The van der Waals surface area contributed by atoms with Crippen LogP contribution in [0.25, 0.3) is 0 Å². The highest BCUT2D eigenvalue weighted by atomic mass is 32.2. The van der Waals surface area contributed by atoms with Crippen LogP contribution in [0.4, 0.5) is 23.4 Å². The molecule has 40 heavy (non-hydrogen) atoms. The van der Waals surface area contributed by atoms with Crippen molar-refractivity contribution in [3.63, 3.8) is 0 Å². The Morgan fingerprint density at radius 2 is 1.90 bits per heavy atom. The Labute approximate surface area is 230 Å². The summed E-state index contributed by atoms with van der Waals surface area (Å²) in [6.07, 6.45) is 2.88. The molecule has 3 heterocycles. The van der Waals surface area contributed by atoms with Gasteiger partial charge in [-0.25, -0.2) is 27.2 Å². The van der Waals surface area contributed by atoms with Gasteiger partial charge in [0.1, 0.15) is 34.4 Å². The molecule has 2 aromatic carbocycles. The molecule has 14 heteroatoms. The van der Waals surface area contributed by atoms with Crippen LogP contribution in [0.5, 0.6) is 5.75 Å². The fraction of sp³-hybridized carbons (Fsp3) is 0.385. The normalized spacial score (nSPS) is 21.5. The molecule has 212 valence electrons. The Kier molecular flexibility index (Phi) is 8.29.